The largest absolute Gasteiger partial charge is 0.463 e. The Morgan fingerprint density at radius 3 is 1.79 bits per heavy atom. The van der Waals surface area contributed by atoms with Crippen LogP contribution in [-0.2, 0) is 42.9 Å². The molecule has 10 heteroatoms. The van der Waals surface area contributed by atoms with E-state index in [1.165, 1.54) is 0 Å². The molecule has 0 aromatic rings. The molecule has 9 nitrogen and oxygen atoms in total. The Kier molecular flexibility index (Phi) is 7.08. The molecule has 0 aliphatic carbocycles. The summed E-state index contributed by atoms with van der Waals surface area (Å²) in [4.78, 5) is 44.5. The van der Waals surface area contributed by atoms with Crippen LogP contribution in [0, 0.1) is 0 Å². The van der Waals surface area contributed by atoms with Gasteiger partial charge >= 0.3 is 23.9 Å². The molecule has 0 aromatic heterocycles. The third kappa shape index (κ3) is 5.76. The van der Waals surface area contributed by atoms with Gasteiger partial charge in [-0.25, -0.2) is 4.39 Å². The van der Waals surface area contributed by atoms with Gasteiger partial charge < -0.3 is 23.7 Å². The van der Waals surface area contributed by atoms with E-state index >= 15 is 0 Å². The molecule has 0 amide bonds. The van der Waals surface area contributed by atoms with Crippen LogP contribution >= 0.6 is 0 Å². The first-order chi connectivity index (χ1) is 11.1. The molecule has 1 aliphatic heterocycles. The lowest BCUT2D eigenvalue weighted by atomic mass is 9.99. The van der Waals surface area contributed by atoms with Crippen LogP contribution in [0.4, 0.5) is 4.39 Å². The zero-order valence-corrected chi connectivity index (χ0v) is 13.6. The molecule has 1 aliphatic rings. The monoisotopic (exact) mass is 350 g/mol. The number of carbonyl (C=O) groups is 4. The van der Waals surface area contributed by atoms with Gasteiger partial charge in [-0.15, -0.1) is 0 Å². The number of hydrogen-bond acceptors (Lipinski definition) is 9. The van der Waals surface area contributed by atoms with Crippen molar-refractivity contribution in [2.75, 3.05) is 6.61 Å². The van der Waals surface area contributed by atoms with Gasteiger partial charge in [0.1, 0.15) is 12.7 Å². The lowest BCUT2D eigenvalue weighted by Gasteiger charge is -2.41. The van der Waals surface area contributed by atoms with E-state index in [1.807, 2.05) is 0 Å². The van der Waals surface area contributed by atoms with Crippen LogP contribution in [0.5, 0.6) is 0 Å². The predicted octanol–water partition coefficient (Wildman–Crippen LogP) is 0.0390. The number of carbonyl (C=O) groups excluding carboxylic acids is 4. The normalized spacial score (nSPS) is 29.3. The number of esters is 4. The Labute approximate surface area is 137 Å². The molecule has 5 unspecified atom stereocenters. The highest BCUT2D eigenvalue weighted by Gasteiger charge is 2.52. The first kappa shape index (κ1) is 19.8. The second-order valence-corrected chi connectivity index (χ2v) is 5.05. The van der Waals surface area contributed by atoms with Crippen molar-refractivity contribution in [1.82, 2.24) is 0 Å². The highest BCUT2D eigenvalue weighted by Crippen LogP contribution is 2.29. The molecule has 0 aromatic carbocycles. The van der Waals surface area contributed by atoms with Crippen molar-refractivity contribution in [3.05, 3.63) is 0 Å². The van der Waals surface area contributed by atoms with Crippen LogP contribution in [0.15, 0.2) is 0 Å². The lowest BCUT2D eigenvalue weighted by Crippen LogP contribution is -2.60. The first-order valence-corrected chi connectivity index (χ1v) is 7.06. The molecule has 24 heavy (non-hydrogen) atoms. The summed E-state index contributed by atoms with van der Waals surface area (Å²) in [5.74, 6) is -3.11. The molecule has 0 bridgehead atoms. The second kappa shape index (κ2) is 8.57. The van der Waals surface area contributed by atoms with Crippen molar-refractivity contribution < 1.29 is 47.3 Å². The second-order valence-electron chi connectivity index (χ2n) is 5.05. The van der Waals surface area contributed by atoms with Crippen LogP contribution < -0.4 is 0 Å². The molecular formula is C14H19FO9. The molecule has 136 valence electrons. The number of rotatable bonds is 5. The fraction of sp³-hybridized carbons (Fsp3) is 0.714. The van der Waals surface area contributed by atoms with E-state index in [2.05, 4.69) is 0 Å². The third-order valence-electron chi connectivity index (χ3n) is 2.91. The van der Waals surface area contributed by atoms with Crippen LogP contribution in [0.25, 0.3) is 0 Å². The minimum atomic E-state index is -2.10. The first-order valence-electron chi connectivity index (χ1n) is 7.06. The summed E-state index contributed by atoms with van der Waals surface area (Å²) < 4.78 is 39.0. The zero-order valence-electron chi connectivity index (χ0n) is 13.6. The number of halogens is 1. The van der Waals surface area contributed by atoms with Crippen LogP contribution in [0.3, 0.4) is 0 Å². The van der Waals surface area contributed by atoms with E-state index in [1.54, 1.807) is 0 Å². The number of hydrogen-bond donors (Lipinski definition) is 0. The topological polar surface area (TPSA) is 114 Å². The summed E-state index contributed by atoms with van der Waals surface area (Å²) in [5.41, 5.74) is 0. The van der Waals surface area contributed by atoms with Crippen molar-refractivity contribution in [3.63, 3.8) is 0 Å². The molecule has 1 rings (SSSR count). The van der Waals surface area contributed by atoms with E-state index in [0.717, 1.165) is 27.7 Å². The summed E-state index contributed by atoms with van der Waals surface area (Å²) in [5, 5.41) is 0. The molecule has 1 fully saturated rings. The van der Waals surface area contributed by atoms with Crippen LogP contribution in [-0.4, -0.2) is 61.3 Å². The Morgan fingerprint density at radius 2 is 1.33 bits per heavy atom. The molecule has 0 N–H and O–H groups in total. The minimum absolute atomic E-state index is 0.421. The fourth-order valence-corrected chi connectivity index (χ4v) is 2.12. The van der Waals surface area contributed by atoms with E-state index in [4.69, 9.17) is 23.7 Å². The quantitative estimate of drug-likeness (QED) is 0.500. The van der Waals surface area contributed by atoms with Gasteiger partial charge in [0.25, 0.3) is 0 Å². The maximum absolute atomic E-state index is 14.5. The predicted molar refractivity (Wildman–Crippen MR) is 73.1 cm³/mol. The maximum Gasteiger partial charge on any atom is 0.305 e. The Bertz CT molecular complexity index is 490. The van der Waals surface area contributed by atoms with Gasteiger partial charge in [0.2, 0.25) is 12.5 Å². The highest BCUT2D eigenvalue weighted by atomic mass is 19.1. The highest BCUT2D eigenvalue weighted by molar-refractivity contribution is 5.68. The van der Waals surface area contributed by atoms with Gasteiger partial charge in [0.15, 0.2) is 12.2 Å². The Balaban J connectivity index is 3.08. The van der Waals surface area contributed by atoms with E-state index in [0.29, 0.717) is 0 Å². The van der Waals surface area contributed by atoms with Gasteiger partial charge in [-0.1, -0.05) is 0 Å². The van der Waals surface area contributed by atoms with Gasteiger partial charge in [0.05, 0.1) is 0 Å². The van der Waals surface area contributed by atoms with E-state index < -0.39 is 61.3 Å². The number of alkyl halides is 1. The van der Waals surface area contributed by atoms with E-state index in [-0.39, 0.29) is 0 Å². The third-order valence-corrected chi connectivity index (χ3v) is 2.91. The SMILES string of the molecule is CC(=O)OCC1OC(OC(C)=O)C(F)C(OC(C)=O)C1OC(C)=O. The van der Waals surface area contributed by atoms with Gasteiger partial charge in [-0.2, -0.15) is 0 Å². The summed E-state index contributed by atoms with van der Waals surface area (Å²) in [6.07, 6.45) is -7.98. The number of ether oxygens (including phenoxy) is 5. The fourth-order valence-electron chi connectivity index (χ4n) is 2.12. The van der Waals surface area contributed by atoms with Crippen molar-refractivity contribution in [1.29, 1.82) is 0 Å². The Morgan fingerprint density at radius 1 is 0.833 bits per heavy atom. The van der Waals surface area contributed by atoms with Gasteiger partial charge in [-0.3, -0.25) is 19.2 Å². The van der Waals surface area contributed by atoms with Crippen LogP contribution in [0.1, 0.15) is 27.7 Å². The summed E-state index contributed by atoms with van der Waals surface area (Å²) in [7, 11) is 0. The van der Waals surface area contributed by atoms with Gasteiger partial charge in [0, 0.05) is 27.7 Å². The van der Waals surface area contributed by atoms with Crippen molar-refractivity contribution in [2.24, 2.45) is 0 Å². The molecular weight excluding hydrogens is 331 g/mol. The molecule has 0 radical (unpaired) electrons. The standard InChI is InChI=1S/C14H19FO9/c1-6(16)20-5-10-12(21-7(2)17)13(22-8(3)18)11(15)14(24-10)23-9(4)19/h10-14H,5H2,1-4H3. The molecule has 1 saturated heterocycles. The smallest absolute Gasteiger partial charge is 0.305 e. The summed E-state index contributed by atoms with van der Waals surface area (Å²) >= 11 is 0. The Hall–Kier alpha value is -2.23. The van der Waals surface area contributed by atoms with Gasteiger partial charge in [-0.05, 0) is 0 Å². The minimum Gasteiger partial charge on any atom is -0.463 e. The average Bonchev–Trinajstić information content (AvgIpc) is 2.42. The zero-order chi connectivity index (χ0) is 18.4. The molecule has 0 spiro atoms. The van der Waals surface area contributed by atoms with Crippen molar-refractivity contribution >= 4 is 23.9 Å². The van der Waals surface area contributed by atoms with Crippen LogP contribution in [0.2, 0.25) is 0 Å². The summed E-state index contributed by atoms with van der Waals surface area (Å²) in [6, 6.07) is 0. The molecule has 5 atom stereocenters. The van der Waals surface area contributed by atoms with Crippen molar-refractivity contribution in [2.45, 2.75) is 58.5 Å². The summed E-state index contributed by atoms with van der Waals surface area (Å²) in [6.45, 7) is 3.86. The van der Waals surface area contributed by atoms with Crippen molar-refractivity contribution in [3.8, 4) is 0 Å². The molecule has 0 saturated carbocycles. The van der Waals surface area contributed by atoms with E-state index in [9.17, 15) is 23.6 Å². The average molecular weight is 350 g/mol. The maximum atomic E-state index is 14.5. The molecule has 1 heterocycles. The lowest BCUT2D eigenvalue weighted by molar-refractivity contribution is -0.284.